The van der Waals surface area contributed by atoms with Crippen LogP contribution in [0.1, 0.15) is 18.1 Å². The van der Waals surface area contributed by atoms with Gasteiger partial charge in [0.1, 0.15) is 0 Å². The molecule has 1 rings (SSSR count). The van der Waals surface area contributed by atoms with Gasteiger partial charge in [-0.15, -0.1) is 0 Å². The number of hydrogen-bond acceptors (Lipinski definition) is 2. The molecule has 1 aromatic carbocycles. The predicted molar refractivity (Wildman–Crippen MR) is 55.3 cm³/mol. The first-order valence-corrected chi connectivity index (χ1v) is 4.88. The summed E-state index contributed by atoms with van der Waals surface area (Å²) in [5.41, 5.74) is 2.28. The zero-order valence-electron chi connectivity index (χ0n) is 7.38. The number of nitrogens with zero attached hydrogens (tertiary/aromatic N) is 1. The van der Waals surface area contributed by atoms with Gasteiger partial charge in [0.25, 0.3) is 0 Å². The molecule has 0 saturated carbocycles. The van der Waals surface area contributed by atoms with Crippen molar-refractivity contribution in [3.05, 3.63) is 33.8 Å². The summed E-state index contributed by atoms with van der Waals surface area (Å²) >= 11 is 3.40. The van der Waals surface area contributed by atoms with Crippen molar-refractivity contribution in [2.24, 2.45) is 4.99 Å². The summed E-state index contributed by atoms with van der Waals surface area (Å²) in [6.07, 6.45) is 2.53. The van der Waals surface area contributed by atoms with E-state index in [9.17, 15) is 4.79 Å². The maximum atomic E-state index is 9.94. The number of halogens is 1. The predicted octanol–water partition coefficient (Wildman–Crippen LogP) is 2.85. The van der Waals surface area contributed by atoms with Gasteiger partial charge in [0, 0.05) is 4.47 Å². The lowest BCUT2D eigenvalue weighted by atomic mass is 10.1. The van der Waals surface area contributed by atoms with E-state index >= 15 is 0 Å². The second kappa shape index (κ2) is 4.95. The second-order valence-electron chi connectivity index (χ2n) is 2.69. The Morgan fingerprint density at radius 3 is 2.92 bits per heavy atom. The Hall–Kier alpha value is -0.920. The van der Waals surface area contributed by atoms with E-state index in [1.807, 2.05) is 12.1 Å². The normalized spacial score (nSPS) is 9.38. The SMILES string of the molecule is CCc1ccc(Br)c(CN=C=O)c1. The van der Waals surface area contributed by atoms with Crippen molar-refractivity contribution >= 4 is 22.0 Å². The van der Waals surface area contributed by atoms with Crippen molar-refractivity contribution in [1.82, 2.24) is 0 Å². The molecule has 68 valence electrons. The van der Waals surface area contributed by atoms with Crippen LogP contribution in [0.15, 0.2) is 27.7 Å². The van der Waals surface area contributed by atoms with Crippen LogP contribution in [-0.2, 0) is 17.8 Å². The fourth-order valence-electron chi connectivity index (χ4n) is 1.09. The van der Waals surface area contributed by atoms with Gasteiger partial charge in [0.15, 0.2) is 0 Å². The van der Waals surface area contributed by atoms with Crippen LogP contribution >= 0.6 is 15.9 Å². The summed E-state index contributed by atoms with van der Waals surface area (Å²) in [6, 6.07) is 6.08. The van der Waals surface area contributed by atoms with E-state index in [0.717, 1.165) is 16.5 Å². The molecule has 1 aromatic rings. The first-order chi connectivity index (χ1) is 6.27. The molecule has 2 nitrogen and oxygen atoms in total. The van der Waals surface area contributed by atoms with Crippen LogP contribution in [0.5, 0.6) is 0 Å². The Bertz CT molecular complexity index is 343. The zero-order valence-corrected chi connectivity index (χ0v) is 8.97. The minimum atomic E-state index is 0.401. The highest BCUT2D eigenvalue weighted by Gasteiger charge is 1.99. The topological polar surface area (TPSA) is 29.4 Å². The molecule has 0 aliphatic rings. The summed E-state index contributed by atoms with van der Waals surface area (Å²) in [4.78, 5) is 13.5. The van der Waals surface area contributed by atoms with E-state index in [1.54, 1.807) is 0 Å². The molecule has 0 N–H and O–H groups in total. The summed E-state index contributed by atoms with van der Waals surface area (Å²) in [7, 11) is 0. The minimum Gasteiger partial charge on any atom is -0.211 e. The molecule has 0 amide bonds. The minimum absolute atomic E-state index is 0.401. The summed E-state index contributed by atoms with van der Waals surface area (Å²) < 4.78 is 0.990. The molecule has 0 bridgehead atoms. The number of aliphatic imine (C=N–C) groups is 1. The van der Waals surface area contributed by atoms with E-state index < -0.39 is 0 Å². The third-order valence-electron chi connectivity index (χ3n) is 1.83. The van der Waals surface area contributed by atoms with Crippen molar-refractivity contribution in [3.63, 3.8) is 0 Å². The van der Waals surface area contributed by atoms with Gasteiger partial charge in [-0.2, -0.15) is 0 Å². The van der Waals surface area contributed by atoms with Gasteiger partial charge >= 0.3 is 0 Å². The van der Waals surface area contributed by atoms with E-state index in [1.165, 1.54) is 11.6 Å². The van der Waals surface area contributed by atoms with Crippen LogP contribution in [0.25, 0.3) is 0 Å². The molecule has 0 aliphatic heterocycles. The van der Waals surface area contributed by atoms with Gasteiger partial charge in [-0.3, -0.25) is 0 Å². The Balaban J connectivity index is 2.96. The smallest absolute Gasteiger partial charge is 0.211 e. The number of isocyanates is 1. The van der Waals surface area contributed by atoms with Crippen LogP contribution < -0.4 is 0 Å². The Morgan fingerprint density at radius 1 is 1.54 bits per heavy atom. The third-order valence-corrected chi connectivity index (χ3v) is 2.61. The van der Waals surface area contributed by atoms with Crippen molar-refractivity contribution in [3.8, 4) is 0 Å². The zero-order chi connectivity index (χ0) is 9.68. The van der Waals surface area contributed by atoms with Gasteiger partial charge in [0.05, 0.1) is 6.54 Å². The third kappa shape index (κ3) is 2.79. The van der Waals surface area contributed by atoms with E-state index in [0.29, 0.717) is 6.54 Å². The van der Waals surface area contributed by atoms with Gasteiger partial charge in [-0.05, 0) is 23.6 Å². The van der Waals surface area contributed by atoms with E-state index in [-0.39, 0.29) is 0 Å². The lowest BCUT2D eigenvalue weighted by molar-refractivity contribution is 0.562. The summed E-state index contributed by atoms with van der Waals surface area (Å²) in [6.45, 7) is 2.49. The van der Waals surface area contributed by atoms with Crippen LogP contribution in [0.2, 0.25) is 0 Å². The average Bonchev–Trinajstić information content (AvgIpc) is 2.17. The van der Waals surface area contributed by atoms with Crippen LogP contribution in [0.3, 0.4) is 0 Å². The Morgan fingerprint density at radius 2 is 2.31 bits per heavy atom. The maximum absolute atomic E-state index is 9.94. The van der Waals surface area contributed by atoms with Crippen molar-refractivity contribution < 1.29 is 4.79 Å². The highest BCUT2D eigenvalue weighted by Crippen LogP contribution is 2.19. The molecule has 0 saturated heterocycles. The molecule has 0 fully saturated rings. The first kappa shape index (κ1) is 10.2. The highest BCUT2D eigenvalue weighted by atomic mass is 79.9. The van der Waals surface area contributed by atoms with Crippen molar-refractivity contribution in [2.75, 3.05) is 0 Å². The summed E-state index contributed by atoms with van der Waals surface area (Å²) in [5.74, 6) is 0. The quantitative estimate of drug-likeness (QED) is 0.590. The molecule has 0 aromatic heterocycles. The van der Waals surface area contributed by atoms with E-state index in [2.05, 4.69) is 33.9 Å². The lowest BCUT2D eigenvalue weighted by Gasteiger charge is -2.02. The number of hydrogen-bond donors (Lipinski definition) is 0. The van der Waals surface area contributed by atoms with E-state index in [4.69, 9.17) is 0 Å². The first-order valence-electron chi connectivity index (χ1n) is 4.09. The fraction of sp³-hybridized carbons (Fsp3) is 0.300. The molecule has 3 heteroatoms. The molecule has 0 atom stereocenters. The maximum Gasteiger partial charge on any atom is 0.235 e. The van der Waals surface area contributed by atoms with Crippen molar-refractivity contribution in [1.29, 1.82) is 0 Å². The molecular formula is C10H10BrNO. The second-order valence-corrected chi connectivity index (χ2v) is 3.54. The van der Waals surface area contributed by atoms with Gasteiger partial charge in [-0.25, -0.2) is 9.79 Å². The molecule has 0 spiro atoms. The number of benzene rings is 1. The lowest BCUT2D eigenvalue weighted by Crippen LogP contribution is -1.87. The number of carbonyl (C=O) groups excluding carboxylic acids is 1. The monoisotopic (exact) mass is 239 g/mol. The van der Waals surface area contributed by atoms with Crippen LogP contribution in [-0.4, -0.2) is 6.08 Å². The molecular weight excluding hydrogens is 230 g/mol. The fourth-order valence-corrected chi connectivity index (χ4v) is 1.46. The summed E-state index contributed by atoms with van der Waals surface area (Å²) in [5, 5.41) is 0. The molecule has 0 unspecified atom stereocenters. The number of aryl methyl sites for hydroxylation is 1. The molecule has 0 heterocycles. The Labute approximate surface area is 85.8 Å². The Kier molecular flexibility index (Phi) is 3.87. The molecule has 0 radical (unpaired) electrons. The largest absolute Gasteiger partial charge is 0.235 e. The van der Waals surface area contributed by atoms with Gasteiger partial charge in [-0.1, -0.05) is 35.0 Å². The number of rotatable bonds is 3. The highest BCUT2D eigenvalue weighted by molar-refractivity contribution is 9.10. The standard InChI is InChI=1S/C10H10BrNO/c1-2-8-3-4-10(11)9(5-8)6-12-7-13/h3-5H,2,6H2,1H3. The molecule has 0 aliphatic carbocycles. The average molecular weight is 240 g/mol. The van der Waals surface area contributed by atoms with Gasteiger partial charge < -0.3 is 0 Å². The van der Waals surface area contributed by atoms with Crippen LogP contribution in [0, 0.1) is 0 Å². The van der Waals surface area contributed by atoms with Gasteiger partial charge in [0.2, 0.25) is 6.08 Å². The van der Waals surface area contributed by atoms with Crippen LogP contribution in [0.4, 0.5) is 0 Å². The van der Waals surface area contributed by atoms with Crippen molar-refractivity contribution in [2.45, 2.75) is 19.9 Å². The molecule has 13 heavy (non-hydrogen) atoms.